The van der Waals surface area contributed by atoms with E-state index in [0.717, 1.165) is 19.0 Å². The lowest BCUT2D eigenvalue weighted by Gasteiger charge is -2.43. The van der Waals surface area contributed by atoms with Crippen LogP contribution in [0.5, 0.6) is 0 Å². The number of piperidine rings is 1. The van der Waals surface area contributed by atoms with Crippen molar-refractivity contribution in [2.45, 2.75) is 45.8 Å². The van der Waals surface area contributed by atoms with Gasteiger partial charge in [-0.15, -0.1) is 0 Å². The van der Waals surface area contributed by atoms with E-state index in [-0.39, 0.29) is 0 Å². The van der Waals surface area contributed by atoms with E-state index in [2.05, 4.69) is 47.8 Å². The van der Waals surface area contributed by atoms with Gasteiger partial charge in [0, 0.05) is 25.2 Å². The minimum absolute atomic E-state index is 0.674. The molecular weight excluding hydrogens is 228 g/mol. The van der Waals surface area contributed by atoms with Gasteiger partial charge in [0.05, 0.1) is 0 Å². The van der Waals surface area contributed by atoms with E-state index in [1.807, 2.05) is 0 Å². The number of likely N-dealkylation sites (tertiary alicyclic amines) is 1. The van der Waals surface area contributed by atoms with E-state index in [9.17, 15) is 0 Å². The van der Waals surface area contributed by atoms with Gasteiger partial charge in [-0.3, -0.25) is 4.90 Å². The predicted octanol–water partition coefficient (Wildman–Crippen LogP) is 2.96. The van der Waals surface area contributed by atoms with Crippen molar-refractivity contribution in [3.63, 3.8) is 0 Å². The summed E-state index contributed by atoms with van der Waals surface area (Å²) in [5.74, 6) is 0.738. The fourth-order valence-corrected chi connectivity index (χ4v) is 3.49. The zero-order chi connectivity index (χ0) is 12.3. The van der Waals surface area contributed by atoms with Gasteiger partial charge in [-0.25, -0.2) is 0 Å². The fraction of sp³-hybridized carbons (Fsp3) is 0.714. The number of rotatable bonds is 4. The number of nitrogens with zero attached hydrogens (tertiary/aromatic N) is 1. The fourth-order valence-electron chi connectivity index (χ4n) is 2.83. The number of hydrogen-bond acceptors (Lipinski definition) is 3. The van der Waals surface area contributed by atoms with E-state index in [0.29, 0.717) is 12.1 Å². The van der Waals surface area contributed by atoms with Gasteiger partial charge < -0.3 is 5.32 Å². The quantitative estimate of drug-likeness (QED) is 0.886. The SMILES string of the molecule is CCNC1CCN(Cc2ccsc2)C(C)C1C. The Balaban J connectivity index is 1.93. The Labute approximate surface area is 109 Å². The average molecular weight is 252 g/mol. The standard InChI is InChI=1S/C14H24N2S/c1-4-15-14-5-7-16(12(3)11(14)2)9-13-6-8-17-10-13/h6,8,10-12,14-15H,4-5,7,9H2,1-3H3. The molecule has 0 radical (unpaired) electrons. The van der Waals surface area contributed by atoms with Gasteiger partial charge in [0.2, 0.25) is 0 Å². The van der Waals surface area contributed by atoms with Crippen LogP contribution < -0.4 is 5.32 Å². The maximum Gasteiger partial charge on any atom is 0.0244 e. The first kappa shape index (κ1) is 13.1. The molecule has 17 heavy (non-hydrogen) atoms. The van der Waals surface area contributed by atoms with E-state index >= 15 is 0 Å². The van der Waals surface area contributed by atoms with Gasteiger partial charge in [-0.2, -0.15) is 11.3 Å². The lowest BCUT2D eigenvalue weighted by molar-refractivity contribution is 0.0791. The van der Waals surface area contributed by atoms with Crippen molar-refractivity contribution in [2.24, 2.45) is 5.92 Å². The van der Waals surface area contributed by atoms with Crippen LogP contribution in [0.4, 0.5) is 0 Å². The van der Waals surface area contributed by atoms with Gasteiger partial charge in [0.25, 0.3) is 0 Å². The van der Waals surface area contributed by atoms with Gasteiger partial charge in [-0.1, -0.05) is 13.8 Å². The van der Waals surface area contributed by atoms with Crippen LogP contribution >= 0.6 is 11.3 Å². The molecule has 3 atom stereocenters. The van der Waals surface area contributed by atoms with Crippen molar-refractivity contribution in [3.8, 4) is 0 Å². The Morgan fingerprint density at radius 1 is 1.47 bits per heavy atom. The molecule has 1 N–H and O–H groups in total. The summed E-state index contributed by atoms with van der Waals surface area (Å²) in [6, 6.07) is 3.62. The summed E-state index contributed by atoms with van der Waals surface area (Å²) < 4.78 is 0. The van der Waals surface area contributed by atoms with Crippen LogP contribution in [0, 0.1) is 5.92 Å². The zero-order valence-corrected chi connectivity index (χ0v) is 12.0. The highest BCUT2D eigenvalue weighted by atomic mass is 32.1. The average Bonchev–Trinajstić information content (AvgIpc) is 2.82. The van der Waals surface area contributed by atoms with Crippen LogP contribution in [0.2, 0.25) is 0 Å². The lowest BCUT2D eigenvalue weighted by atomic mass is 9.87. The molecule has 0 bridgehead atoms. The van der Waals surface area contributed by atoms with Gasteiger partial charge in [0.15, 0.2) is 0 Å². The molecule has 1 aromatic rings. The monoisotopic (exact) mass is 252 g/mol. The molecule has 1 saturated heterocycles. The van der Waals surface area contributed by atoms with Crippen LogP contribution in [0.3, 0.4) is 0 Å². The summed E-state index contributed by atoms with van der Waals surface area (Å²) in [6.07, 6.45) is 1.28. The molecule has 0 aromatic carbocycles. The molecule has 3 heteroatoms. The second-order valence-electron chi connectivity index (χ2n) is 5.15. The van der Waals surface area contributed by atoms with Crippen LogP contribution in [-0.2, 0) is 6.54 Å². The third-order valence-electron chi connectivity index (χ3n) is 4.13. The van der Waals surface area contributed by atoms with E-state index < -0.39 is 0 Å². The molecule has 96 valence electrons. The molecule has 1 aliphatic heterocycles. The van der Waals surface area contributed by atoms with Gasteiger partial charge in [-0.05, 0) is 48.2 Å². The van der Waals surface area contributed by atoms with E-state index in [1.54, 1.807) is 11.3 Å². The van der Waals surface area contributed by atoms with Gasteiger partial charge in [0.1, 0.15) is 0 Å². The van der Waals surface area contributed by atoms with Crippen molar-refractivity contribution in [2.75, 3.05) is 13.1 Å². The Morgan fingerprint density at radius 2 is 2.29 bits per heavy atom. The van der Waals surface area contributed by atoms with Crippen molar-refractivity contribution in [1.82, 2.24) is 10.2 Å². The van der Waals surface area contributed by atoms with Crippen molar-refractivity contribution in [3.05, 3.63) is 22.4 Å². The number of nitrogens with one attached hydrogen (secondary N) is 1. The van der Waals surface area contributed by atoms with Crippen LogP contribution in [0.15, 0.2) is 16.8 Å². The predicted molar refractivity (Wildman–Crippen MR) is 75.4 cm³/mol. The maximum atomic E-state index is 3.62. The molecule has 1 aromatic heterocycles. The molecule has 2 heterocycles. The Morgan fingerprint density at radius 3 is 2.94 bits per heavy atom. The van der Waals surface area contributed by atoms with Crippen molar-refractivity contribution < 1.29 is 0 Å². The van der Waals surface area contributed by atoms with Gasteiger partial charge >= 0.3 is 0 Å². The summed E-state index contributed by atoms with van der Waals surface area (Å²) in [4.78, 5) is 2.63. The van der Waals surface area contributed by atoms with Crippen molar-refractivity contribution in [1.29, 1.82) is 0 Å². The number of hydrogen-bond donors (Lipinski definition) is 1. The molecule has 1 aliphatic rings. The molecule has 2 rings (SSSR count). The van der Waals surface area contributed by atoms with Crippen molar-refractivity contribution >= 4 is 11.3 Å². The molecule has 0 saturated carbocycles. The largest absolute Gasteiger partial charge is 0.314 e. The third-order valence-corrected chi connectivity index (χ3v) is 4.86. The second-order valence-corrected chi connectivity index (χ2v) is 5.93. The number of thiophene rings is 1. The topological polar surface area (TPSA) is 15.3 Å². The van der Waals surface area contributed by atoms with Crippen LogP contribution in [-0.4, -0.2) is 30.1 Å². The lowest BCUT2D eigenvalue weighted by Crippen LogP contribution is -2.52. The first-order valence-corrected chi connectivity index (χ1v) is 7.65. The Hall–Kier alpha value is -0.380. The summed E-state index contributed by atoms with van der Waals surface area (Å²) in [6.45, 7) is 10.4. The molecule has 3 unspecified atom stereocenters. The molecule has 1 fully saturated rings. The first-order chi connectivity index (χ1) is 8.22. The highest BCUT2D eigenvalue weighted by molar-refractivity contribution is 7.07. The smallest absolute Gasteiger partial charge is 0.0244 e. The second kappa shape index (κ2) is 5.98. The molecule has 2 nitrogen and oxygen atoms in total. The summed E-state index contributed by atoms with van der Waals surface area (Å²) in [5.41, 5.74) is 1.47. The third kappa shape index (κ3) is 3.09. The Bertz CT molecular complexity index is 323. The maximum absolute atomic E-state index is 3.62. The van der Waals surface area contributed by atoms with Crippen LogP contribution in [0.25, 0.3) is 0 Å². The summed E-state index contributed by atoms with van der Waals surface area (Å²) in [7, 11) is 0. The highest BCUT2D eigenvalue weighted by Gasteiger charge is 2.31. The Kier molecular flexibility index (Phi) is 4.60. The minimum atomic E-state index is 0.674. The molecule has 0 amide bonds. The zero-order valence-electron chi connectivity index (χ0n) is 11.1. The highest BCUT2D eigenvalue weighted by Crippen LogP contribution is 2.25. The summed E-state index contributed by atoms with van der Waals surface area (Å²) in [5, 5.41) is 8.07. The van der Waals surface area contributed by atoms with Crippen LogP contribution in [0.1, 0.15) is 32.8 Å². The molecule has 0 aliphatic carbocycles. The first-order valence-electron chi connectivity index (χ1n) is 6.71. The minimum Gasteiger partial charge on any atom is -0.314 e. The van der Waals surface area contributed by atoms with E-state index in [4.69, 9.17) is 0 Å². The molecular formula is C14H24N2S. The molecule has 0 spiro atoms. The summed E-state index contributed by atoms with van der Waals surface area (Å²) >= 11 is 1.80. The normalized spacial score (nSPS) is 30.6. The van der Waals surface area contributed by atoms with E-state index in [1.165, 1.54) is 18.5 Å².